The summed E-state index contributed by atoms with van der Waals surface area (Å²) < 4.78 is 7.34. The molecule has 7 rings (SSSR count). The lowest BCUT2D eigenvalue weighted by Gasteiger charge is -2.61. The lowest BCUT2D eigenvalue weighted by atomic mass is 9.43. The number of fused-ring (bicyclic) bond motifs is 1. The topological polar surface area (TPSA) is 60.7 Å². The quantitative estimate of drug-likeness (QED) is 0.589. The van der Waals surface area contributed by atoms with Gasteiger partial charge in [0, 0.05) is 17.6 Å². The van der Waals surface area contributed by atoms with Crippen LogP contribution in [0.5, 0.6) is 0 Å². The minimum absolute atomic E-state index is 0.0674. The minimum atomic E-state index is -0.387. The second-order valence-electron chi connectivity index (χ2n) is 9.61. The van der Waals surface area contributed by atoms with Crippen LogP contribution in [-0.2, 0) is 21.6 Å². The van der Waals surface area contributed by atoms with Gasteiger partial charge in [-0.2, -0.15) is 0 Å². The number of benzene rings is 1. The molecule has 3 aromatic rings. The van der Waals surface area contributed by atoms with Crippen LogP contribution in [0, 0.1) is 17.3 Å². The van der Waals surface area contributed by atoms with E-state index in [0.29, 0.717) is 22.5 Å². The molecule has 2 aromatic heterocycles. The van der Waals surface area contributed by atoms with Crippen molar-refractivity contribution in [3.63, 3.8) is 0 Å². The molecule has 6 heteroatoms. The third kappa shape index (κ3) is 2.77. The maximum atomic E-state index is 13.4. The standard InChI is InChI=1S/C24H24N2O3S/c27-20-9-19(25-22-26(20)6-7-30-22)14-29-21(28)24-12-16-8-17(13-24)11-23(10-16,15-24)18-4-2-1-3-5-18/h1-7,9,16-17H,8,10-15H2/t16-,17+,23?,24?. The smallest absolute Gasteiger partial charge is 0.312 e. The highest BCUT2D eigenvalue weighted by Crippen LogP contribution is 2.66. The molecule has 4 aliphatic carbocycles. The second kappa shape index (κ2) is 6.51. The number of hydrogen-bond acceptors (Lipinski definition) is 5. The van der Waals surface area contributed by atoms with E-state index < -0.39 is 0 Å². The molecule has 0 amide bonds. The third-order valence-corrected chi connectivity index (χ3v) is 8.34. The van der Waals surface area contributed by atoms with Crippen LogP contribution in [0.3, 0.4) is 0 Å². The molecular formula is C24H24N2O3S. The molecule has 0 saturated heterocycles. The van der Waals surface area contributed by atoms with Gasteiger partial charge in [0.25, 0.3) is 5.56 Å². The first-order valence-electron chi connectivity index (χ1n) is 10.7. The Morgan fingerprint density at radius 1 is 1.17 bits per heavy atom. The van der Waals surface area contributed by atoms with Crippen LogP contribution in [0.1, 0.15) is 49.8 Å². The number of thiazole rings is 1. The Bertz CT molecular complexity index is 1170. The Balaban J connectivity index is 1.26. The number of ether oxygens (including phenoxy) is 1. The fourth-order valence-corrected chi connectivity index (χ4v) is 7.62. The molecule has 4 atom stereocenters. The predicted octanol–water partition coefficient (Wildman–Crippen LogP) is 4.34. The van der Waals surface area contributed by atoms with Crippen LogP contribution in [0.25, 0.3) is 4.96 Å². The summed E-state index contributed by atoms with van der Waals surface area (Å²) in [6, 6.07) is 12.2. The first-order chi connectivity index (χ1) is 14.6. The average Bonchev–Trinajstić information content (AvgIpc) is 3.21. The fraction of sp³-hybridized carbons (Fsp3) is 0.458. The number of aromatic nitrogens is 2. The van der Waals surface area contributed by atoms with Crippen molar-refractivity contribution in [2.24, 2.45) is 17.3 Å². The maximum absolute atomic E-state index is 13.4. The van der Waals surface area contributed by atoms with Gasteiger partial charge in [-0.15, -0.1) is 11.3 Å². The van der Waals surface area contributed by atoms with Gasteiger partial charge in [-0.25, -0.2) is 4.98 Å². The first-order valence-corrected chi connectivity index (χ1v) is 11.6. The number of hydrogen-bond donors (Lipinski definition) is 0. The Morgan fingerprint density at radius 2 is 1.93 bits per heavy atom. The van der Waals surface area contributed by atoms with E-state index in [2.05, 4.69) is 35.3 Å². The van der Waals surface area contributed by atoms with Gasteiger partial charge in [0.2, 0.25) is 0 Å². The van der Waals surface area contributed by atoms with Crippen molar-refractivity contribution in [2.75, 3.05) is 0 Å². The van der Waals surface area contributed by atoms with Gasteiger partial charge in [-0.1, -0.05) is 30.3 Å². The summed E-state index contributed by atoms with van der Waals surface area (Å²) in [6.45, 7) is 0.0674. The van der Waals surface area contributed by atoms with Crippen LogP contribution in [-0.4, -0.2) is 15.4 Å². The van der Waals surface area contributed by atoms with Crippen LogP contribution in [0.2, 0.25) is 0 Å². The Kier molecular flexibility index (Phi) is 3.97. The van der Waals surface area contributed by atoms with Crippen LogP contribution in [0.4, 0.5) is 0 Å². The molecule has 0 spiro atoms. The lowest BCUT2D eigenvalue weighted by Crippen LogP contribution is -2.57. The van der Waals surface area contributed by atoms with Gasteiger partial charge < -0.3 is 4.74 Å². The van der Waals surface area contributed by atoms with Crippen molar-refractivity contribution in [1.82, 2.24) is 9.38 Å². The zero-order chi connectivity index (χ0) is 20.3. The summed E-state index contributed by atoms with van der Waals surface area (Å²) in [4.78, 5) is 30.7. The molecule has 30 heavy (non-hydrogen) atoms. The molecule has 0 N–H and O–H groups in total. The summed E-state index contributed by atoms with van der Waals surface area (Å²) in [7, 11) is 0. The van der Waals surface area contributed by atoms with E-state index >= 15 is 0 Å². The molecule has 2 unspecified atom stereocenters. The highest BCUT2D eigenvalue weighted by molar-refractivity contribution is 7.15. The normalized spacial score (nSPS) is 31.9. The largest absolute Gasteiger partial charge is 0.459 e. The van der Waals surface area contributed by atoms with Gasteiger partial charge in [-0.05, 0) is 61.3 Å². The first kappa shape index (κ1) is 18.3. The Labute approximate surface area is 178 Å². The number of carbonyl (C=O) groups excluding carboxylic acids is 1. The van der Waals surface area contributed by atoms with Gasteiger partial charge >= 0.3 is 5.97 Å². The van der Waals surface area contributed by atoms with E-state index in [1.165, 1.54) is 46.6 Å². The number of nitrogens with zero attached hydrogens (tertiary/aromatic N) is 2. The highest BCUT2D eigenvalue weighted by atomic mass is 32.1. The Morgan fingerprint density at radius 3 is 2.70 bits per heavy atom. The fourth-order valence-electron chi connectivity index (χ4n) is 6.89. The molecule has 4 fully saturated rings. The van der Waals surface area contributed by atoms with Crippen molar-refractivity contribution in [3.05, 3.63) is 69.6 Å². The molecule has 154 valence electrons. The van der Waals surface area contributed by atoms with Crippen LogP contribution < -0.4 is 5.56 Å². The van der Waals surface area contributed by atoms with E-state index in [-0.39, 0.29) is 29.0 Å². The number of rotatable bonds is 4. The SMILES string of the molecule is O=C(OCc1cc(=O)n2ccsc2n1)C12C[C@H]3C[C@@H](C1)CC(c1ccccc1)(C3)C2. The van der Waals surface area contributed by atoms with Crippen molar-refractivity contribution in [2.45, 2.75) is 50.5 Å². The number of esters is 1. The van der Waals surface area contributed by atoms with Crippen molar-refractivity contribution in [1.29, 1.82) is 0 Å². The molecule has 0 radical (unpaired) electrons. The summed E-state index contributed by atoms with van der Waals surface area (Å²) in [5.41, 5.74) is 1.50. The maximum Gasteiger partial charge on any atom is 0.312 e. The molecule has 4 aliphatic rings. The van der Waals surface area contributed by atoms with Gasteiger partial charge in [0.15, 0.2) is 4.96 Å². The van der Waals surface area contributed by atoms with Crippen molar-refractivity contribution < 1.29 is 9.53 Å². The number of carbonyl (C=O) groups is 1. The summed E-state index contributed by atoms with van der Waals surface area (Å²) in [5, 5.41) is 1.83. The van der Waals surface area contributed by atoms with Crippen LogP contribution in [0.15, 0.2) is 52.8 Å². The summed E-state index contributed by atoms with van der Waals surface area (Å²) in [6.07, 6.45) is 8.11. The predicted molar refractivity (Wildman–Crippen MR) is 114 cm³/mol. The molecule has 2 heterocycles. The molecule has 4 bridgehead atoms. The van der Waals surface area contributed by atoms with Gasteiger partial charge in [-0.3, -0.25) is 14.0 Å². The average molecular weight is 421 g/mol. The van der Waals surface area contributed by atoms with Crippen molar-refractivity contribution >= 4 is 22.3 Å². The van der Waals surface area contributed by atoms with Crippen LogP contribution >= 0.6 is 11.3 Å². The van der Waals surface area contributed by atoms with E-state index in [0.717, 1.165) is 19.3 Å². The molecule has 1 aromatic carbocycles. The second-order valence-corrected chi connectivity index (χ2v) is 10.5. The molecule has 0 aliphatic heterocycles. The zero-order valence-electron chi connectivity index (χ0n) is 16.8. The van der Waals surface area contributed by atoms with E-state index in [1.807, 2.05) is 5.38 Å². The minimum Gasteiger partial charge on any atom is -0.459 e. The summed E-state index contributed by atoms with van der Waals surface area (Å²) in [5.74, 6) is 1.11. The monoisotopic (exact) mass is 420 g/mol. The molecule has 4 saturated carbocycles. The lowest BCUT2D eigenvalue weighted by molar-refractivity contribution is -0.175. The molecular weight excluding hydrogens is 396 g/mol. The van der Waals surface area contributed by atoms with Gasteiger partial charge in [0.1, 0.15) is 6.61 Å². The summed E-state index contributed by atoms with van der Waals surface area (Å²) >= 11 is 1.41. The highest BCUT2D eigenvalue weighted by Gasteiger charge is 2.61. The Hall–Kier alpha value is -2.47. The van der Waals surface area contributed by atoms with E-state index in [1.54, 1.807) is 6.20 Å². The van der Waals surface area contributed by atoms with E-state index in [4.69, 9.17) is 4.74 Å². The third-order valence-electron chi connectivity index (χ3n) is 7.59. The zero-order valence-corrected chi connectivity index (χ0v) is 17.6. The molecule has 5 nitrogen and oxygen atoms in total. The van der Waals surface area contributed by atoms with Gasteiger partial charge in [0.05, 0.1) is 11.1 Å². The van der Waals surface area contributed by atoms with E-state index in [9.17, 15) is 9.59 Å². The van der Waals surface area contributed by atoms with Crippen molar-refractivity contribution in [3.8, 4) is 0 Å².